The van der Waals surface area contributed by atoms with Gasteiger partial charge >= 0.3 is 0 Å². The Bertz CT molecular complexity index is 411. The van der Waals surface area contributed by atoms with E-state index in [9.17, 15) is 0 Å². The van der Waals surface area contributed by atoms with Crippen molar-refractivity contribution in [1.82, 2.24) is 0 Å². The third kappa shape index (κ3) is 4.70. The molecule has 0 aromatic heterocycles. The SMILES string of the molecule is C/C=C(\C=C/[NH2+]C)/C=C/c1ccc(NC)cc1. The van der Waals surface area contributed by atoms with Crippen LogP contribution in [0.2, 0.25) is 0 Å². The lowest BCUT2D eigenvalue weighted by Gasteiger charge is -1.99. The Morgan fingerprint density at radius 1 is 1.18 bits per heavy atom. The number of rotatable bonds is 5. The molecular weight excluding hydrogens is 208 g/mol. The van der Waals surface area contributed by atoms with E-state index in [0.29, 0.717) is 0 Å². The summed E-state index contributed by atoms with van der Waals surface area (Å²) in [6.07, 6.45) is 10.5. The molecule has 0 radical (unpaired) electrons. The molecule has 2 nitrogen and oxygen atoms in total. The first-order valence-corrected chi connectivity index (χ1v) is 5.88. The highest BCUT2D eigenvalue weighted by atomic mass is 14.8. The first kappa shape index (κ1) is 13.3. The maximum Gasteiger partial charge on any atom is 0.0929 e. The van der Waals surface area contributed by atoms with Gasteiger partial charge in [0.05, 0.1) is 13.2 Å². The van der Waals surface area contributed by atoms with Crippen LogP contribution < -0.4 is 10.6 Å². The van der Waals surface area contributed by atoms with Gasteiger partial charge in [-0.2, -0.15) is 0 Å². The largest absolute Gasteiger partial charge is 0.388 e. The molecule has 0 bridgehead atoms. The fraction of sp³-hybridized carbons (Fsp3) is 0.200. The summed E-state index contributed by atoms with van der Waals surface area (Å²) < 4.78 is 0. The maximum absolute atomic E-state index is 3.11. The van der Waals surface area contributed by atoms with E-state index < -0.39 is 0 Å². The van der Waals surface area contributed by atoms with Gasteiger partial charge in [-0.25, -0.2) is 0 Å². The molecule has 0 spiro atoms. The molecule has 0 saturated carbocycles. The topological polar surface area (TPSA) is 28.6 Å². The number of nitrogens with two attached hydrogens (primary N) is 1. The Kier molecular flexibility index (Phi) is 5.83. The fourth-order valence-electron chi connectivity index (χ4n) is 1.41. The Hall–Kier alpha value is -1.80. The van der Waals surface area contributed by atoms with Crippen LogP contribution in [0.5, 0.6) is 0 Å². The van der Waals surface area contributed by atoms with E-state index in [1.165, 1.54) is 11.1 Å². The zero-order valence-electron chi connectivity index (χ0n) is 10.8. The molecule has 1 aromatic carbocycles. The van der Waals surface area contributed by atoms with Crippen LogP contribution in [0.25, 0.3) is 6.08 Å². The van der Waals surface area contributed by atoms with Gasteiger partial charge in [0, 0.05) is 12.7 Å². The summed E-state index contributed by atoms with van der Waals surface area (Å²) in [6, 6.07) is 8.35. The summed E-state index contributed by atoms with van der Waals surface area (Å²) in [5.74, 6) is 0. The summed E-state index contributed by atoms with van der Waals surface area (Å²) in [6.45, 7) is 2.05. The quantitative estimate of drug-likeness (QED) is 0.746. The highest BCUT2D eigenvalue weighted by Crippen LogP contribution is 2.11. The smallest absolute Gasteiger partial charge is 0.0929 e. The minimum Gasteiger partial charge on any atom is -0.388 e. The van der Waals surface area contributed by atoms with Gasteiger partial charge in [-0.1, -0.05) is 30.4 Å². The second kappa shape index (κ2) is 7.47. The molecule has 17 heavy (non-hydrogen) atoms. The predicted molar refractivity (Wildman–Crippen MR) is 75.8 cm³/mol. The molecule has 0 fully saturated rings. The van der Waals surface area contributed by atoms with Gasteiger partial charge in [-0.15, -0.1) is 0 Å². The van der Waals surface area contributed by atoms with Gasteiger partial charge in [0.15, 0.2) is 0 Å². The Labute approximate surface area is 104 Å². The predicted octanol–water partition coefficient (Wildman–Crippen LogP) is 2.39. The molecule has 0 aliphatic rings. The standard InChI is InChI=1S/C15H20N2/c1-4-13(11-12-16-2)5-6-14-7-9-15(17-3)10-8-14/h4-12,16-17H,1-3H3/p+1/b6-5+,12-11-,13-4-. The van der Waals surface area contributed by atoms with E-state index in [1.807, 2.05) is 32.5 Å². The molecule has 2 heteroatoms. The minimum absolute atomic E-state index is 1.13. The van der Waals surface area contributed by atoms with Gasteiger partial charge < -0.3 is 10.6 Å². The Balaban J connectivity index is 2.71. The van der Waals surface area contributed by atoms with E-state index in [4.69, 9.17) is 0 Å². The highest BCUT2D eigenvalue weighted by Gasteiger charge is 1.89. The first-order chi connectivity index (χ1) is 8.30. The van der Waals surface area contributed by atoms with Crippen molar-refractivity contribution in [3.63, 3.8) is 0 Å². The van der Waals surface area contributed by atoms with Crippen LogP contribution in [0.3, 0.4) is 0 Å². The van der Waals surface area contributed by atoms with Crippen LogP contribution in [-0.2, 0) is 0 Å². The van der Waals surface area contributed by atoms with E-state index in [-0.39, 0.29) is 0 Å². The zero-order valence-corrected chi connectivity index (χ0v) is 10.8. The molecule has 1 aromatic rings. The zero-order chi connectivity index (χ0) is 12.5. The maximum atomic E-state index is 3.11. The average molecular weight is 229 g/mol. The third-order valence-corrected chi connectivity index (χ3v) is 2.48. The van der Waals surface area contributed by atoms with Crippen LogP contribution in [0.15, 0.2) is 54.3 Å². The van der Waals surface area contributed by atoms with Crippen molar-refractivity contribution in [2.24, 2.45) is 0 Å². The van der Waals surface area contributed by atoms with Crippen molar-refractivity contribution in [2.45, 2.75) is 6.92 Å². The van der Waals surface area contributed by atoms with Gasteiger partial charge in [0.25, 0.3) is 0 Å². The van der Waals surface area contributed by atoms with Crippen LogP contribution in [-0.4, -0.2) is 14.1 Å². The summed E-state index contributed by atoms with van der Waals surface area (Å²) in [7, 11) is 3.94. The van der Waals surface area contributed by atoms with Crippen molar-refractivity contribution in [3.8, 4) is 0 Å². The Morgan fingerprint density at radius 2 is 1.88 bits per heavy atom. The van der Waals surface area contributed by atoms with Gasteiger partial charge in [-0.05, 0) is 36.3 Å². The monoisotopic (exact) mass is 229 g/mol. The Morgan fingerprint density at radius 3 is 2.41 bits per heavy atom. The molecule has 90 valence electrons. The van der Waals surface area contributed by atoms with Gasteiger partial charge in [-0.3, -0.25) is 0 Å². The van der Waals surface area contributed by atoms with Crippen molar-refractivity contribution < 1.29 is 5.32 Å². The first-order valence-electron chi connectivity index (χ1n) is 5.88. The molecule has 0 saturated heterocycles. The molecular formula is C15H21N2+. The number of nitrogens with one attached hydrogen (secondary N) is 1. The summed E-state index contributed by atoms with van der Waals surface area (Å²) in [4.78, 5) is 0. The third-order valence-electron chi connectivity index (χ3n) is 2.48. The molecule has 1 rings (SSSR count). The minimum atomic E-state index is 1.13. The van der Waals surface area contributed by atoms with E-state index in [1.54, 1.807) is 0 Å². The number of hydrogen-bond donors (Lipinski definition) is 2. The van der Waals surface area contributed by atoms with Crippen LogP contribution in [0.1, 0.15) is 12.5 Å². The number of quaternary nitrogens is 1. The summed E-state index contributed by atoms with van der Waals surface area (Å²) >= 11 is 0. The number of anilines is 1. The summed E-state index contributed by atoms with van der Waals surface area (Å²) in [5, 5.41) is 5.13. The fourth-order valence-corrected chi connectivity index (χ4v) is 1.41. The average Bonchev–Trinajstić information content (AvgIpc) is 2.39. The van der Waals surface area contributed by atoms with E-state index in [2.05, 4.69) is 53.9 Å². The van der Waals surface area contributed by atoms with Crippen LogP contribution in [0, 0.1) is 0 Å². The lowest BCUT2D eigenvalue weighted by Crippen LogP contribution is -2.72. The second-order valence-corrected chi connectivity index (χ2v) is 3.69. The van der Waals surface area contributed by atoms with Crippen molar-refractivity contribution in [3.05, 3.63) is 59.8 Å². The van der Waals surface area contributed by atoms with Crippen molar-refractivity contribution in [2.75, 3.05) is 19.4 Å². The number of allylic oxidation sites excluding steroid dienone is 4. The van der Waals surface area contributed by atoms with E-state index >= 15 is 0 Å². The molecule has 0 aliphatic heterocycles. The highest BCUT2D eigenvalue weighted by molar-refractivity contribution is 5.57. The van der Waals surface area contributed by atoms with Gasteiger partial charge in [0.1, 0.15) is 0 Å². The normalized spacial score (nSPS) is 12.5. The lowest BCUT2D eigenvalue weighted by molar-refractivity contribution is -0.556. The van der Waals surface area contributed by atoms with Crippen LogP contribution >= 0.6 is 0 Å². The molecule has 3 N–H and O–H groups in total. The molecule has 0 unspecified atom stereocenters. The van der Waals surface area contributed by atoms with Crippen LogP contribution in [0.4, 0.5) is 5.69 Å². The van der Waals surface area contributed by atoms with Crippen molar-refractivity contribution >= 4 is 11.8 Å². The molecule has 0 aliphatic carbocycles. The molecule has 0 heterocycles. The summed E-state index contributed by atoms with van der Waals surface area (Å²) in [5.41, 5.74) is 3.55. The molecule has 0 amide bonds. The van der Waals surface area contributed by atoms with Gasteiger partial charge in [0.2, 0.25) is 0 Å². The molecule has 0 atom stereocenters. The van der Waals surface area contributed by atoms with Crippen molar-refractivity contribution in [1.29, 1.82) is 0 Å². The second-order valence-electron chi connectivity index (χ2n) is 3.69. The lowest BCUT2D eigenvalue weighted by atomic mass is 10.1. The number of benzene rings is 1. The van der Waals surface area contributed by atoms with E-state index in [0.717, 1.165) is 5.69 Å². The number of hydrogen-bond acceptors (Lipinski definition) is 1.